The second kappa shape index (κ2) is 11.4. The number of anilines is 1. The van der Waals surface area contributed by atoms with Crippen LogP contribution in [0.1, 0.15) is 17.2 Å². The third kappa shape index (κ3) is 6.93. The summed E-state index contributed by atoms with van der Waals surface area (Å²) in [5, 5.41) is 12.9. The Labute approximate surface area is 209 Å². The quantitative estimate of drug-likeness (QED) is 0.218. The first-order chi connectivity index (χ1) is 17.5. The van der Waals surface area contributed by atoms with Crippen LogP contribution in [0.4, 0.5) is 34.6 Å². The highest BCUT2D eigenvalue weighted by atomic mass is 19.4. The summed E-state index contributed by atoms with van der Waals surface area (Å²) >= 11 is 0. The van der Waals surface area contributed by atoms with E-state index in [0.29, 0.717) is 17.4 Å². The van der Waals surface area contributed by atoms with Crippen molar-refractivity contribution >= 4 is 28.7 Å². The van der Waals surface area contributed by atoms with Gasteiger partial charge in [0.2, 0.25) is 0 Å². The average molecular weight is 512 g/mol. The standard InChI is InChI=1S/C26H20F4N4O3/c1-32-17-4-3-5-18(13-17)33-22(14-23(31)26(28,29)30)25(36)34-21-12-16(8-11-20(21)27)24(35)15-6-9-19(37-2)10-7-15/h3-14,24,35H,31H2,2H3,(H,34,36)/b23-14-,33-22?. The van der Waals surface area contributed by atoms with Gasteiger partial charge >= 0.3 is 6.18 Å². The Hall–Kier alpha value is -4.69. The molecule has 0 aromatic heterocycles. The second-order valence-electron chi connectivity index (χ2n) is 7.60. The van der Waals surface area contributed by atoms with Crippen LogP contribution in [-0.4, -0.2) is 30.0 Å². The summed E-state index contributed by atoms with van der Waals surface area (Å²) in [7, 11) is 1.48. The van der Waals surface area contributed by atoms with Gasteiger partial charge in [0.25, 0.3) is 5.91 Å². The van der Waals surface area contributed by atoms with Crippen LogP contribution in [0, 0.1) is 12.4 Å². The predicted octanol–water partition coefficient (Wildman–Crippen LogP) is 5.58. The molecule has 0 aliphatic rings. The molecule has 11 heteroatoms. The van der Waals surface area contributed by atoms with Crippen LogP contribution >= 0.6 is 0 Å². The maximum absolute atomic E-state index is 14.5. The van der Waals surface area contributed by atoms with Crippen LogP contribution < -0.4 is 15.8 Å². The maximum atomic E-state index is 14.5. The number of hydrogen-bond acceptors (Lipinski definition) is 5. The minimum absolute atomic E-state index is 0.00836. The van der Waals surface area contributed by atoms with Crippen LogP contribution in [0.25, 0.3) is 4.85 Å². The number of nitrogens with one attached hydrogen (secondary N) is 1. The lowest BCUT2D eigenvalue weighted by atomic mass is 10.0. The number of allylic oxidation sites excluding steroid dienone is 1. The van der Waals surface area contributed by atoms with Gasteiger partial charge in [-0.3, -0.25) is 4.79 Å². The van der Waals surface area contributed by atoms with E-state index in [9.17, 15) is 27.5 Å². The minimum Gasteiger partial charge on any atom is -0.497 e. The predicted molar refractivity (Wildman–Crippen MR) is 130 cm³/mol. The molecule has 1 atom stereocenters. The molecule has 0 saturated carbocycles. The number of amides is 1. The first kappa shape index (κ1) is 26.9. The topological polar surface area (TPSA) is 101 Å². The van der Waals surface area contributed by atoms with E-state index in [1.165, 1.54) is 37.4 Å². The number of nitrogens with zero attached hydrogens (tertiary/aromatic N) is 2. The van der Waals surface area contributed by atoms with E-state index in [1.807, 2.05) is 0 Å². The van der Waals surface area contributed by atoms with Gasteiger partial charge in [-0.25, -0.2) is 14.2 Å². The second-order valence-corrected chi connectivity index (χ2v) is 7.60. The summed E-state index contributed by atoms with van der Waals surface area (Å²) in [4.78, 5) is 20.0. The van der Waals surface area contributed by atoms with E-state index >= 15 is 0 Å². The zero-order valence-corrected chi connectivity index (χ0v) is 19.3. The fraction of sp³-hybridized carbons (Fsp3) is 0.115. The molecule has 7 nitrogen and oxygen atoms in total. The van der Waals surface area contributed by atoms with E-state index in [1.54, 1.807) is 24.3 Å². The van der Waals surface area contributed by atoms with Gasteiger partial charge in [0.1, 0.15) is 29.1 Å². The third-order valence-corrected chi connectivity index (χ3v) is 5.05. The summed E-state index contributed by atoms with van der Waals surface area (Å²) in [5.41, 5.74) is 3.09. The van der Waals surface area contributed by atoms with E-state index in [4.69, 9.17) is 17.0 Å². The largest absolute Gasteiger partial charge is 0.497 e. The number of methoxy groups -OCH3 is 1. The Kier molecular flexibility index (Phi) is 8.26. The molecule has 190 valence electrons. The van der Waals surface area contributed by atoms with Gasteiger partial charge in [-0.1, -0.05) is 30.3 Å². The average Bonchev–Trinajstić information content (AvgIpc) is 2.88. The number of rotatable bonds is 7. The summed E-state index contributed by atoms with van der Waals surface area (Å²) in [6.45, 7) is 7.06. The molecular weight excluding hydrogens is 492 g/mol. The molecule has 0 spiro atoms. The Morgan fingerprint density at radius 1 is 1.14 bits per heavy atom. The van der Waals surface area contributed by atoms with Crippen LogP contribution in [-0.2, 0) is 4.79 Å². The molecule has 3 rings (SSSR count). The van der Waals surface area contributed by atoms with Crippen molar-refractivity contribution in [1.29, 1.82) is 0 Å². The zero-order valence-electron chi connectivity index (χ0n) is 19.3. The lowest BCUT2D eigenvalue weighted by Crippen LogP contribution is -2.26. The van der Waals surface area contributed by atoms with E-state index < -0.39 is 41.1 Å². The highest BCUT2D eigenvalue weighted by molar-refractivity contribution is 6.47. The van der Waals surface area contributed by atoms with Gasteiger partial charge in [-0.2, -0.15) is 13.2 Å². The van der Waals surface area contributed by atoms with E-state index in [2.05, 4.69) is 15.2 Å². The molecule has 4 N–H and O–H groups in total. The molecule has 0 fully saturated rings. The minimum atomic E-state index is -4.95. The summed E-state index contributed by atoms with van der Waals surface area (Å²) in [6.07, 6.45) is -5.84. The van der Waals surface area contributed by atoms with Crippen LogP contribution in [0.5, 0.6) is 5.75 Å². The summed E-state index contributed by atoms with van der Waals surface area (Å²) < 4.78 is 58.8. The van der Waals surface area contributed by atoms with Crippen molar-refractivity contribution in [3.05, 3.63) is 107 Å². The van der Waals surface area contributed by atoms with Gasteiger partial charge in [0, 0.05) is 0 Å². The number of aliphatic hydroxyl groups excluding tert-OH is 1. The smallest absolute Gasteiger partial charge is 0.430 e. The molecule has 0 bridgehead atoms. The first-order valence-electron chi connectivity index (χ1n) is 10.5. The molecule has 3 aromatic rings. The molecule has 1 unspecified atom stereocenters. The number of halogens is 4. The van der Waals surface area contributed by atoms with Crippen LogP contribution in [0.3, 0.4) is 0 Å². The first-order valence-corrected chi connectivity index (χ1v) is 10.5. The molecule has 3 aromatic carbocycles. The van der Waals surface area contributed by atoms with E-state index in [0.717, 1.165) is 12.1 Å². The number of ether oxygens (including phenoxy) is 1. The zero-order chi connectivity index (χ0) is 27.2. The number of aliphatic imine (C=N–C) groups is 1. The van der Waals surface area contributed by atoms with Crippen molar-refractivity contribution in [3.63, 3.8) is 0 Å². The van der Waals surface area contributed by atoms with Gasteiger partial charge in [-0.15, -0.1) is 0 Å². The Bertz CT molecular complexity index is 1390. The maximum Gasteiger partial charge on any atom is 0.430 e. The van der Waals surface area contributed by atoms with Crippen molar-refractivity contribution in [2.45, 2.75) is 12.3 Å². The fourth-order valence-electron chi connectivity index (χ4n) is 3.12. The van der Waals surface area contributed by atoms with Crippen molar-refractivity contribution in [2.75, 3.05) is 12.4 Å². The number of carbonyl (C=O) groups excluding carboxylic acids is 1. The molecule has 0 saturated heterocycles. The monoisotopic (exact) mass is 512 g/mol. The van der Waals surface area contributed by atoms with Gasteiger partial charge in [-0.05, 0) is 53.6 Å². The lowest BCUT2D eigenvalue weighted by Gasteiger charge is -2.15. The van der Waals surface area contributed by atoms with Crippen molar-refractivity contribution in [3.8, 4) is 5.75 Å². The number of aliphatic hydroxyl groups is 1. The Morgan fingerprint density at radius 2 is 1.81 bits per heavy atom. The van der Waals surface area contributed by atoms with Gasteiger partial charge < -0.3 is 20.9 Å². The number of hydrogen-bond donors (Lipinski definition) is 3. The SMILES string of the molecule is [C-]#[N+]c1cccc(N=C(/C=C(\N)C(F)(F)F)C(=O)Nc2cc(C(O)c3ccc(OC)cc3)ccc2F)c1. The highest BCUT2D eigenvalue weighted by Gasteiger charge is 2.32. The molecule has 0 aliphatic carbocycles. The normalized spacial score (nSPS) is 13.0. The van der Waals surface area contributed by atoms with Gasteiger partial charge in [0.15, 0.2) is 5.69 Å². The molecule has 0 aliphatic heterocycles. The number of carbonyl (C=O) groups is 1. The number of alkyl halides is 3. The Morgan fingerprint density at radius 3 is 2.43 bits per heavy atom. The highest BCUT2D eigenvalue weighted by Crippen LogP contribution is 2.28. The molecule has 0 radical (unpaired) electrons. The lowest BCUT2D eigenvalue weighted by molar-refractivity contribution is -0.110. The third-order valence-electron chi connectivity index (χ3n) is 5.05. The summed E-state index contributed by atoms with van der Waals surface area (Å²) in [6, 6.07) is 15.4. The van der Waals surface area contributed by atoms with Crippen LogP contribution in [0.15, 0.2) is 83.5 Å². The van der Waals surface area contributed by atoms with Crippen molar-refractivity contribution < 1.29 is 32.2 Å². The van der Waals surface area contributed by atoms with Gasteiger partial charge in [0.05, 0.1) is 25.1 Å². The van der Waals surface area contributed by atoms with E-state index in [-0.39, 0.29) is 16.9 Å². The molecule has 37 heavy (non-hydrogen) atoms. The van der Waals surface area contributed by atoms with Crippen LogP contribution in [0.2, 0.25) is 0 Å². The number of benzene rings is 3. The molecule has 1 amide bonds. The van der Waals surface area contributed by atoms with Crippen molar-refractivity contribution in [1.82, 2.24) is 0 Å². The fourth-order valence-corrected chi connectivity index (χ4v) is 3.12. The number of nitrogens with two attached hydrogens (primary N) is 1. The van der Waals surface area contributed by atoms with Crippen molar-refractivity contribution in [2.24, 2.45) is 10.7 Å². The Balaban J connectivity index is 1.96. The summed E-state index contributed by atoms with van der Waals surface area (Å²) in [5.74, 6) is -1.54. The molecule has 0 heterocycles. The molecular formula is C26H20F4N4O3.